The van der Waals surface area contributed by atoms with Gasteiger partial charge in [0, 0.05) is 24.0 Å². The van der Waals surface area contributed by atoms with E-state index < -0.39 is 0 Å². The standard InChI is InChI=1S/C16H18N6/c1-2-4-12(5-3-1)20-15-13-16(19-10-18-15)22-14(21-13)11-6-8-17-9-7-11/h6-10,12H,1-5H2,(H2,18,19,20,21,22). The highest BCUT2D eigenvalue weighted by Gasteiger charge is 2.17. The van der Waals surface area contributed by atoms with Gasteiger partial charge in [0.25, 0.3) is 0 Å². The second-order valence-corrected chi connectivity index (χ2v) is 5.72. The third-order valence-electron chi connectivity index (χ3n) is 4.18. The van der Waals surface area contributed by atoms with Gasteiger partial charge < -0.3 is 10.3 Å². The minimum Gasteiger partial charge on any atom is -0.365 e. The van der Waals surface area contributed by atoms with E-state index in [4.69, 9.17) is 0 Å². The van der Waals surface area contributed by atoms with E-state index in [0.717, 1.165) is 28.4 Å². The predicted molar refractivity (Wildman–Crippen MR) is 85.4 cm³/mol. The highest BCUT2D eigenvalue weighted by Crippen LogP contribution is 2.25. The number of hydrogen-bond donors (Lipinski definition) is 2. The second-order valence-electron chi connectivity index (χ2n) is 5.72. The average molecular weight is 294 g/mol. The number of hydrogen-bond acceptors (Lipinski definition) is 5. The number of fused-ring (bicyclic) bond motifs is 1. The maximum atomic E-state index is 4.68. The number of imidazole rings is 1. The van der Waals surface area contributed by atoms with E-state index in [1.54, 1.807) is 18.7 Å². The van der Waals surface area contributed by atoms with Gasteiger partial charge in [-0.3, -0.25) is 4.98 Å². The number of anilines is 1. The fourth-order valence-corrected chi connectivity index (χ4v) is 3.02. The normalized spacial score (nSPS) is 16.0. The monoisotopic (exact) mass is 294 g/mol. The van der Waals surface area contributed by atoms with Crippen LogP contribution in [0.3, 0.4) is 0 Å². The fraction of sp³-hybridized carbons (Fsp3) is 0.375. The largest absolute Gasteiger partial charge is 0.365 e. The van der Waals surface area contributed by atoms with Crippen molar-refractivity contribution in [1.82, 2.24) is 24.9 Å². The van der Waals surface area contributed by atoms with Crippen LogP contribution >= 0.6 is 0 Å². The summed E-state index contributed by atoms with van der Waals surface area (Å²) < 4.78 is 0. The molecule has 6 heteroatoms. The molecule has 3 aromatic rings. The summed E-state index contributed by atoms with van der Waals surface area (Å²) in [7, 11) is 0. The van der Waals surface area contributed by atoms with Gasteiger partial charge in [-0.05, 0) is 25.0 Å². The topological polar surface area (TPSA) is 79.4 Å². The zero-order valence-electron chi connectivity index (χ0n) is 12.3. The molecule has 0 saturated heterocycles. The second kappa shape index (κ2) is 5.71. The van der Waals surface area contributed by atoms with Crippen LogP contribution in [0, 0.1) is 0 Å². The molecule has 0 spiro atoms. The summed E-state index contributed by atoms with van der Waals surface area (Å²) in [6.07, 6.45) is 11.4. The van der Waals surface area contributed by atoms with Gasteiger partial charge in [0.2, 0.25) is 0 Å². The van der Waals surface area contributed by atoms with Crippen LogP contribution < -0.4 is 5.32 Å². The van der Waals surface area contributed by atoms with Gasteiger partial charge in [-0.2, -0.15) is 0 Å². The smallest absolute Gasteiger partial charge is 0.163 e. The summed E-state index contributed by atoms with van der Waals surface area (Å²) in [6.45, 7) is 0. The first-order valence-electron chi connectivity index (χ1n) is 7.78. The number of H-pyrrole nitrogens is 1. The fourth-order valence-electron chi connectivity index (χ4n) is 3.02. The van der Waals surface area contributed by atoms with Crippen molar-refractivity contribution in [3.05, 3.63) is 30.9 Å². The van der Waals surface area contributed by atoms with Gasteiger partial charge in [-0.1, -0.05) is 19.3 Å². The van der Waals surface area contributed by atoms with Crippen LogP contribution in [0.4, 0.5) is 5.82 Å². The van der Waals surface area contributed by atoms with Crippen LogP contribution in [-0.2, 0) is 0 Å². The van der Waals surface area contributed by atoms with Gasteiger partial charge in [-0.15, -0.1) is 0 Å². The number of aromatic amines is 1. The average Bonchev–Trinajstić information content (AvgIpc) is 3.02. The molecule has 112 valence electrons. The molecule has 1 saturated carbocycles. The molecule has 1 fully saturated rings. The van der Waals surface area contributed by atoms with Crippen molar-refractivity contribution in [2.24, 2.45) is 0 Å². The molecular formula is C16H18N6. The first-order chi connectivity index (χ1) is 10.9. The Morgan fingerprint density at radius 3 is 2.68 bits per heavy atom. The quantitative estimate of drug-likeness (QED) is 0.775. The van der Waals surface area contributed by atoms with E-state index in [1.165, 1.54) is 32.1 Å². The summed E-state index contributed by atoms with van der Waals surface area (Å²) in [4.78, 5) is 20.7. The van der Waals surface area contributed by atoms with Gasteiger partial charge in [0.15, 0.2) is 17.0 Å². The molecular weight excluding hydrogens is 276 g/mol. The molecule has 6 nitrogen and oxygen atoms in total. The van der Waals surface area contributed by atoms with E-state index >= 15 is 0 Å². The van der Waals surface area contributed by atoms with Crippen LogP contribution in [0.1, 0.15) is 32.1 Å². The van der Waals surface area contributed by atoms with E-state index in [0.29, 0.717) is 6.04 Å². The van der Waals surface area contributed by atoms with E-state index in [-0.39, 0.29) is 0 Å². The number of aromatic nitrogens is 5. The number of nitrogens with one attached hydrogen (secondary N) is 2. The van der Waals surface area contributed by atoms with Crippen LogP contribution in [0.5, 0.6) is 0 Å². The van der Waals surface area contributed by atoms with Crippen LogP contribution in [0.25, 0.3) is 22.6 Å². The van der Waals surface area contributed by atoms with E-state index in [2.05, 4.69) is 30.2 Å². The molecule has 2 N–H and O–H groups in total. The summed E-state index contributed by atoms with van der Waals surface area (Å²) in [5.74, 6) is 1.62. The van der Waals surface area contributed by atoms with Crippen molar-refractivity contribution in [3.63, 3.8) is 0 Å². The minimum atomic E-state index is 0.493. The van der Waals surface area contributed by atoms with E-state index in [1.807, 2.05) is 12.1 Å². The van der Waals surface area contributed by atoms with Gasteiger partial charge in [0.05, 0.1) is 0 Å². The molecule has 0 unspecified atom stereocenters. The maximum absolute atomic E-state index is 4.68. The van der Waals surface area contributed by atoms with Gasteiger partial charge in [0.1, 0.15) is 12.2 Å². The number of rotatable bonds is 3. The Morgan fingerprint density at radius 2 is 1.86 bits per heavy atom. The Hall–Kier alpha value is -2.50. The third-order valence-corrected chi connectivity index (χ3v) is 4.18. The Bertz CT molecular complexity index is 761. The van der Waals surface area contributed by atoms with Crippen LogP contribution in [0.2, 0.25) is 0 Å². The zero-order chi connectivity index (χ0) is 14.8. The Kier molecular flexibility index (Phi) is 3.42. The summed E-state index contributed by atoms with van der Waals surface area (Å²) in [5, 5.41) is 3.54. The molecule has 0 aromatic carbocycles. The summed E-state index contributed by atoms with van der Waals surface area (Å²) in [5.41, 5.74) is 2.57. The Labute approximate surface area is 128 Å². The lowest BCUT2D eigenvalue weighted by molar-refractivity contribution is 0.462. The lowest BCUT2D eigenvalue weighted by atomic mass is 9.95. The first kappa shape index (κ1) is 13.2. The molecule has 1 aliphatic carbocycles. The SMILES string of the molecule is c1cc(-c2nc3c(NC4CCCCC4)ncnc3[nH]2)ccn1. The van der Waals surface area contributed by atoms with Crippen molar-refractivity contribution in [3.8, 4) is 11.4 Å². The lowest BCUT2D eigenvalue weighted by Gasteiger charge is -2.23. The van der Waals surface area contributed by atoms with Gasteiger partial charge in [-0.25, -0.2) is 15.0 Å². The molecule has 0 radical (unpaired) electrons. The van der Waals surface area contributed by atoms with Crippen LogP contribution in [-0.4, -0.2) is 31.0 Å². The predicted octanol–water partition coefficient (Wildman–Crippen LogP) is 3.16. The summed E-state index contributed by atoms with van der Waals surface area (Å²) in [6, 6.07) is 4.35. The van der Waals surface area contributed by atoms with Crippen molar-refractivity contribution >= 4 is 17.0 Å². The Morgan fingerprint density at radius 1 is 1.05 bits per heavy atom. The molecule has 3 aromatic heterocycles. The van der Waals surface area contributed by atoms with Crippen molar-refractivity contribution < 1.29 is 0 Å². The highest BCUT2D eigenvalue weighted by atomic mass is 15.1. The summed E-state index contributed by atoms with van der Waals surface area (Å²) >= 11 is 0. The minimum absolute atomic E-state index is 0.493. The van der Waals surface area contributed by atoms with E-state index in [9.17, 15) is 0 Å². The number of nitrogens with zero attached hydrogens (tertiary/aromatic N) is 4. The third kappa shape index (κ3) is 2.52. The lowest BCUT2D eigenvalue weighted by Crippen LogP contribution is -2.23. The molecule has 0 bridgehead atoms. The maximum Gasteiger partial charge on any atom is 0.163 e. The Balaban J connectivity index is 1.69. The zero-order valence-corrected chi connectivity index (χ0v) is 12.3. The molecule has 3 heterocycles. The first-order valence-corrected chi connectivity index (χ1v) is 7.78. The molecule has 0 amide bonds. The van der Waals surface area contributed by atoms with Crippen molar-refractivity contribution in [1.29, 1.82) is 0 Å². The number of pyridine rings is 1. The van der Waals surface area contributed by atoms with Gasteiger partial charge >= 0.3 is 0 Å². The molecule has 0 aliphatic heterocycles. The molecule has 0 atom stereocenters. The molecule has 1 aliphatic rings. The van der Waals surface area contributed by atoms with Crippen molar-refractivity contribution in [2.45, 2.75) is 38.1 Å². The molecule has 4 rings (SSSR count). The van der Waals surface area contributed by atoms with Crippen molar-refractivity contribution in [2.75, 3.05) is 5.32 Å². The molecule has 22 heavy (non-hydrogen) atoms. The highest BCUT2D eigenvalue weighted by molar-refractivity contribution is 5.85. The van der Waals surface area contributed by atoms with Crippen LogP contribution in [0.15, 0.2) is 30.9 Å².